The number of ether oxygens (including phenoxy) is 2. The topological polar surface area (TPSA) is 227 Å². The molecule has 2 rings (SSSR count). The van der Waals surface area contributed by atoms with Crippen LogP contribution in [0.5, 0.6) is 0 Å². The maximum atomic E-state index is 14.3. The van der Waals surface area contributed by atoms with Crippen LogP contribution in [0.25, 0.3) is 10.4 Å². The lowest BCUT2D eigenvalue weighted by Crippen LogP contribution is -2.59. The molecule has 1 aliphatic heterocycles. The van der Waals surface area contributed by atoms with Crippen molar-refractivity contribution >= 4 is 41.1 Å². The first-order valence-electron chi connectivity index (χ1n) is 21.7. The summed E-state index contributed by atoms with van der Waals surface area (Å²) in [5, 5.41) is 14.9. The van der Waals surface area contributed by atoms with Crippen molar-refractivity contribution in [2.24, 2.45) is 28.8 Å². The van der Waals surface area contributed by atoms with E-state index in [0.29, 0.717) is 37.9 Å². The fourth-order valence-electron chi connectivity index (χ4n) is 8.46. The highest BCUT2D eigenvalue weighted by molar-refractivity contribution is 5.94. The Morgan fingerprint density at radius 2 is 1.58 bits per heavy atom. The molecule has 0 radical (unpaired) electrons. The fraction of sp³-hybridized carbons (Fsp3) is 0.727. The molecule has 9 atom stereocenters. The molecule has 18 nitrogen and oxygen atoms in total. The van der Waals surface area contributed by atoms with E-state index < -0.39 is 48.3 Å². The van der Waals surface area contributed by atoms with Gasteiger partial charge in [-0.3, -0.25) is 33.7 Å². The van der Waals surface area contributed by atoms with Crippen LogP contribution in [-0.4, -0.2) is 148 Å². The predicted molar refractivity (Wildman–Crippen MR) is 239 cm³/mol. The minimum atomic E-state index is -0.791. The van der Waals surface area contributed by atoms with Gasteiger partial charge in [0.25, 0.3) is 0 Å². The second-order valence-electron chi connectivity index (χ2n) is 17.4. The quantitative estimate of drug-likeness (QED) is 0.0637. The van der Waals surface area contributed by atoms with Crippen molar-refractivity contribution in [1.82, 2.24) is 30.7 Å². The fourth-order valence-corrected chi connectivity index (χ4v) is 8.46. The maximum Gasteiger partial charge on any atom is 0.245 e. The Morgan fingerprint density at radius 3 is 2.10 bits per heavy atom. The molecule has 1 aromatic rings. The Labute approximate surface area is 368 Å². The summed E-state index contributed by atoms with van der Waals surface area (Å²) in [6.07, 6.45) is 1.01. The number of methoxy groups -OCH3 is 2. The summed E-state index contributed by atoms with van der Waals surface area (Å²) in [5.41, 5.74) is 10.4. The van der Waals surface area contributed by atoms with Crippen LogP contribution in [0.4, 0.5) is 5.69 Å². The van der Waals surface area contributed by atoms with E-state index in [1.807, 2.05) is 60.5 Å². The maximum absolute atomic E-state index is 14.3. The Morgan fingerprint density at radius 1 is 0.935 bits per heavy atom. The third-order valence-corrected chi connectivity index (χ3v) is 11.9. The Hall–Kier alpha value is -4.77. The van der Waals surface area contributed by atoms with Crippen molar-refractivity contribution in [3.8, 4) is 0 Å². The minimum absolute atomic E-state index is 0.0125. The lowest BCUT2D eigenvalue weighted by atomic mass is 9.89. The molecule has 6 amide bonds. The predicted octanol–water partition coefficient (Wildman–Crippen LogP) is 3.75. The Balaban J connectivity index is 2.25. The van der Waals surface area contributed by atoms with E-state index in [1.54, 1.807) is 55.1 Å². The first-order valence-corrected chi connectivity index (χ1v) is 21.7. The standard InChI is InChI=1S/C44H74N10O8/c1-14-28(6)40(53(11)44(60)38(26(2)3)50-43(59)39(27(4)5)52(9)10)35(61-12)23-37(57)54-21-15-16-34(54)41(62-13)29(7)42(58)49-33(24-47-51-45)22-31-17-19-32(20-18-31)48-36(56)25-46-30(8)55/h17-20,26-29,33-35,38-41H,14-16,21-25H2,1-13H3,(H,46,55)(H,48,56)(H,49,58)(H,50,59)/t28-,29+,33?,34-,35+,38-,39-,40-,41+/m0/s1. The van der Waals surface area contributed by atoms with Crippen molar-refractivity contribution in [3.05, 3.63) is 40.3 Å². The van der Waals surface area contributed by atoms with E-state index in [1.165, 1.54) is 14.0 Å². The number of nitrogens with zero attached hydrogens (tertiary/aromatic N) is 6. The van der Waals surface area contributed by atoms with E-state index >= 15 is 0 Å². The second kappa shape index (κ2) is 26.0. The van der Waals surface area contributed by atoms with Gasteiger partial charge in [-0.1, -0.05) is 72.1 Å². The summed E-state index contributed by atoms with van der Waals surface area (Å²) in [7, 11) is 8.46. The van der Waals surface area contributed by atoms with Crippen LogP contribution in [-0.2, 0) is 44.7 Å². The number of carbonyl (C=O) groups excluding carboxylic acids is 6. The molecule has 0 saturated carbocycles. The van der Waals surface area contributed by atoms with Gasteiger partial charge in [-0.2, -0.15) is 0 Å². The smallest absolute Gasteiger partial charge is 0.245 e. The van der Waals surface area contributed by atoms with Crippen molar-refractivity contribution < 1.29 is 38.2 Å². The Kier molecular flexibility index (Phi) is 22.4. The number of anilines is 1. The van der Waals surface area contributed by atoms with Crippen LogP contribution in [0.1, 0.15) is 86.6 Å². The van der Waals surface area contributed by atoms with Gasteiger partial charge in [-0.25, -0.2) is 0 Å². The van der Waals surface area contributed by atoms with E-state index in [2.05, 4.69) is 31.3 Å². The highest BCUT2D eigenvalue weighted by Gasteiger charge is 2.43. The SMILES string of the molecule is CC[C@H](C)[C@@H]([C@@H](CC(=O)N1CCC[C@H]1[C@H](OC)[C@@H](C)C(=O)NC(CN=[N+]=[N-])Cc1ccc(NC(=O)CNC(C)=O)cc1)OC)N(C)C(=O)[C@@H](NC(=O)[C@H](C(C)C)N(C)C)C(C)C. The van der Waals surface area contributed by atoms with Gasteiger partial charge in [-0.05, 0) is 74.3 Å². The molecule has 4 N–H and O–H groups in total. The molecule has 1 aliphatic rings. The number of likely N-dealkylation sites (tertiary alicyclic amines) is 1. The van der Waals surface area contributed by atoms with Crippen LogP contribution in [0, 0.1) is 23.7 Å². The van der Waals surface area contributed by atoms with Gasteiger partial charge in [0.15, 0.2) is 0 Å². The van der Waals surface area contributed by atoms with E-state index in [-0.39, 0.29) is 72.7 Å². The van der Waals surface area contributed by atoms with E-state index in [0.717, 1.165) is 5.56 Å². The molecule has 0 bridgehead atoms. The third-order valence-electron chi connectivity index (χ3n) is 11.9. The molecule has 0 aliphatic carbocycles. The average Bonchev–Trinajstić information content (AvgIpc) is 3.70. The largest absolute Gasteiger partial charge is 0.379 e. The van der Waals surface area contributed by atoms with Crippen LogP contribution in [0.2, 0.25) is 0 Å². The van der Waals surface area contributed by atoms with Crippen molar-refractivity contribution in [2.75, 3.05) is 60.3 Å². The zero-order chi connectivity index (χ0) is 46.8. The molecule has 0 aromatic heterocycles. The molecule has 1 unspecified atom stereocenters. The van der Waals surface area contributed by atoms with Gasteiger partial charge < -0.3 is 40.5 Å². The van der Waals surface area contributed by atoms with Crippen LogP contribution in [0.15, 0.2) is 29.4 Å². The number of amides is 6. The minimum Gasteiger partial charge on any atom is -0.379 e. The van der Waals surface area contributed by atoms with Crippen molar-refractivity contribution in [1.29, 1.82) is 0 Å². The lowest BCUT2D eigenvalue weighted by Gasteiger charge is -2.41. The normalized spacial score (nSPS) is 17.8. The number of carbonyl (C=O) groups is 6. The van der Waals surface area contributed by atoms with Gasteiger partial charge in [-0.15, -0.1) is 0 Å². The van der Waals surface area contributed by atoms with Gasteiger partial charge in [0.05, 0.1) is 49.2 Å². The summed E-state index contributed by atoms with van der Waals surface area (Å²) < 4.78 is 12.0. The number of likely N-dealkylation sites (N-methyl/N-ethyl adjacent to an activating group) is 2. The number of nitrogens with one attached hydrogen (secondary N) is 4. The summed E-state index contributed by atoms with van der Waals surface area (Å²) in [5.74, 6) is -2.62. The summed E-state index contributed by atoms with van der Waals surface area (Å²) in [6.45, 7) is 15.1. The highest BCUT2D eigenvalue weighted by atomic mass is 16.5. The Bertz CT molecular complexity index is 1680. The first-order chi connectivity index (χ1) is 29.2. The van der Waals surface area contributed by atoms with Gasteiger partial charge in [0, 0.05) is 57.9 Å². The summed E-state index contributed by atoms with van der Waals surface area (Å²) in [6, 6.07) is 4.30. The number of rotatable bonds is 25. The van der Waals surface area contributed by atoms with E-state index in [9.17, 15) is 28.8 Å². The number of hydrogen-bond acceptors (Lipinski definition) is 10. The van der Waals surface area contributed by atoms with E-state index in [4.69, 9.17) is 15.0 Å². The number of azide groups is 1. The lowest BCUT2D eigenvalue weighted by molar-refractivity contribution is -0.148. The molecule has 1 heterocycles. The molecular weight excluding hydrogens is 797 g/mol. The molecule has 0 spiro atoms. The monoisotopic (exact) mass is 871 g/mol. The average molecular weight is 871 g/mol. The zero-order valence-electron chi connectivity index (χ0n) is 39.3. The van der Waals surface area contributed by atoms with Crippen LogP contribution >= 0.6 is 0 Å². The third kappa shape index (κ3) is 15.5. The molecule has 18 heteroatoms. The van der Waals surface area contributed by atoms with Gasteiger partial charge in [0.1, 0.15) is 6.04 Å². The second-order valence-corrected chi connectivity index (χ2v) is 17.4. The summed E-state index contributed by atoms with van der Waals surface area (Å²) >= 11 is 0. The van der Waals surface area contributed by atoms with Gasteiger partial charge in [0.2, 0.25) is 35.4 Å². The first kappa shape index (κ1) is 53.4. The van der Waals surface area contributed by atoms with Crippen molar-refractivity contribution in [2.45, 2.75) is 130 Å². The molecular formula is C44H74N10O8. The van der Waals surface area contributed by atoms with Crippen molar-refractivity contribution in [3.63, 3.8) is 0 Å². The molecule has 62 heavy (non-hydrogen) atoms. The molecule has 1 fully saturated rings. The molecule has 348 valence electrons. The molecule has 1 aromatic carbocycles. The highest BCUT2D eigenvalue weighted by Crippen LogP contribution is 2.30. The van der Waals surface area contributed by atoms with Gasteiger partial charge >= 0.3 is 0 Å². The summed E-state index contributed by atoms with van der Waals surface area (Å²) in [4.78, 5) is 87.3. The van der Waals surface area contributed by atoms with Crippen LogP contribution in [0.3, 0.4) is 0 Å². The zero-order valence-corrected chi connectivity index (χ0v) is 39.3. The molecule has 1 saturated heterocycles. The number of benzene rings is 1. The number of hydrogen-bond donors (Lipinski definition) is 4. The van der Waals surface area contributed by atoms with Crippen LogP contribution < -0.4 is 21.3 Å².